The maximum atomic E-state index is 13.0. The van der Waals surface area contributed by atoms with Crippen LogP contribution in [0.25, 0.3) is 0 Å². The van der Waals surface area contributed by atoms with Gasteiger partial charge in [0.15, 0.2) is 0 Å². The number of ether oxygens (including phenoxy) is 2. The minimum atomic E-state index is -0.0428. The highest BCUT2D eigenvalue weighted by Gasteiger charge is 2.33. The van der Waals surface area contributed by atoms with Gasteiger partial charge in [-0.05, 0) is 51.9 Å². The molecule has 2 aliphatic heterocycles. The van der Waals surface area contributed by atoms with E-state index < -0.39 is 0 Å². The minimum Gasteiger partial charge on any atom is -0.497 e. The van der Waals surface area contributed by atoms with Gasteiger partial charge in [-0.1, -0.05) is 0 Å². The number of likely N-dealkylation sites (tertiary alicyclic amines) is 2. The third-order valence-electron chi connectivity index (χ3n) is 6.17. The van der Waals surface area contributed by atoms with Crippen molar-refractivity contribution < 1.29 is 19.1 Å². The van der Waals surface area contributed by atoms with E-state index in [1.54, 1.807) is 32.4 Å². The molecule has 2 saturated heterocycles. The first-order valence-corrected chi connectivity index (χ1v) is 10.4. The average Bonchev–Trinajstić information content (AvgIpc) is 2.77. The molecule has 160 valence electrons. The van der Waals surface area contributed by atoms with Crippen LogP contribution < -0.4 is 9.47 Å². The van der Waals surface area contributed by atoms with Gasteiger partial charge in [0.05, 0.1) is 14.2 Å². The average molecular weight is 404 g/mol. The summed E-state index contributed by atoms with van der Waals surface area (Å²) in [5.41, 5.74) is 0.552. The molecule has 2 fully saturated rings. The lowest BCUT2D eigenvalue weighted by Crippen LogP contribution is -2.51. The van der Waals surface area contributed by atoms with Gasteiger partial charge in [-0.2, -0.15) is 0 Å². The van der Waals surface area contributed by atoms with Crippen LogP contribution in [-0.2, 0) is 4.79 Å². The van der Waals surface area contributed by atoms with Crippen LogP contribution in [0.5, 0.6) is 11.5 Å². The van der Waals surface area contributed by atoms with Gasteiger partial charge >= 0.3 is 0 Å². The van der Waals surface area contributed by atoms with Gasteiger partial charge in [-0.15, -0.1) is 0 Å². The van der Waals surface area contributed by atoms with Crippen molar-refractivity contribution in [3.8, 4) is 11.5 Å². The standard InChI is InChI=1S/C22H33N3O4/c1-23(2)18-6-5-9-25(15-18)21(26)16-7-10-24(11-8-16)22(27)17-12-19(28-3)14-20(13-17)29-4/h12-14,16,18H,5-11,15H2,1-4H3. The summed E-state index contributed by atoms with van der Waals surface area (Å²) in [6, 6.07) is 5.66. The fourth-order valence-electron chi connectivity index (χ4n) is 4.28. The van der Waals surface area contributed by atoms with E-state index in [2.05, 4.69) is 19.0 Å². The summed E-state index contributed by atoms with van der Waals surface area (Å²) >= 11 is 0. The fourth-order valence-corrected chi connectivity index (χ4v) is 4.28. The van der Waals surface area contributed by atoms with Gasteiger partial charge in [0.1, 0.15) is 11.5 Å². The van der Waals surface area contributed by atoms with Crippen LogP contribution >= 0.6 is 0 Å². The van der Waals surface area contributed by atoms with Crippen molar-refractivity contribution in [2.45, 2.75) is 31.7 Å². The molecular weight excluding hydrogens is 370 g/mol. The number of nitrogens with zero attached hydrogens (tertiary/aromatic N) is 3. The fraction of sp³-hybridized carbons (Fsp3) is 0.636. The molecule has 0 bridgehead atoms. The van der Waals surface area contributed by atoms with Crippen LogP contribution in [0.3, 0.4) is 0 Å². The summed E-state index contributed by atoms with van der Waals surface area (Å²) in [5.74, 6) is 1.42. The Hall–Kier alpha value is -2.28. The van der Waals surface area contributed by atoms with E-state index in [1.807, 2.05) is 9.80 Å². The van der Waals surface area contributed by atoms with Crippen molar-refractivity contribution in [3.05, 3.63) is 23.8 Å². The molecule has 0 N–H and O–H groups in total. The molecule has 0 aromatic heterocycles. The van der Waals surface area contributed by atoms with Crippen LogP contribution in [0, 0.1) is 5.92 Å². The zero-order valence-electron chi connectivity index (χ0n) is 18.0. The van der Waals surface area contributed by atoms with Crippen LogP contribution in [0.15, 0.2) is 18.2 Å². The molecule has 7 nitrogen and oxygen atoms in total. The molecule has 2 heterocycles. The number of piperidine rings is 2. The zero-order chi connectivity index (χ0) is 21.0. The molecule has 0 radical (unpaired) electrons. The molecule has 7 heteroatoms. The summed E-state index contributed by atoms with van der Waals surface area (Å²) in [6.45, 7) is 2.86. The maximum absolute atomic E-state index is 13.0. The van der Waals surface area contributed by atoms with E-state index in [9.17, 15) is 9.59 Å². The van der Waals surface area contributed by atoms with Crippen molar-refractivity contribution in [3.63, 3.8) is 0 Å². The summed E-state index contributed by atoms with van der Waals surface area (Å²) in [4.78, 5) is 32.0. The van der Waals surface area contributed by atoms with Gasteiger partial charge < -0.3 is 24.2 Å². The van der Waals surface area contributed by atoms with Gasteiger partial charge in [0.2, 0.25) is 5.91 Å². The number of rotatable bonds is 5. The second-order valence-corrected chi connectivity index (χ2v) is 8.21. The van der Waals surface area contributed by atoms with Crippen LogP contribution in [0.1, 0.15) is 36.0 Å². The second-order valence-electron chi connectivity index (χ2n) is 8.21. The number of carbonyl (C=O) groups is 2. The van der Waals surface area contributed by atoms with E-state index in [-0.39, 0.29) is 17.7 Å². The first kappa shape index (κ1) is 21.4. The topological polar surface area (TPSA) is 62.3 Å². The van der Waals surface area contributed by atoms with E-state index in [4.69, 9.17) is 9.47 Å². The van der Waals surface area contributed by atoms with E-state index in [1.165, 1.54) is 0 Å². The minimum absolute atomic E-state index is 0.0137. The molecule has 1 aromatic carbocycles. The Balaban J connectivity index is 1.59. The number of likely N-dealkylation sites (N-methyl/N-ethyl adjacent to an activating group) is 1. The highest BCUT2D eigenvalue weighted by molar-refractivity contribution is 5.95. The Morgan fingerprint density at radius 1 is 0.931 bits per heavy atom. The largest absolute Gasteiger partial charge is 0.497 e. The third kappa shape index (κ3) is 5.01. The Labute approximate surface area is 173 Å². The summed E-state index contributed by atoms with van der Waals surface area (Å²) in [5, 5.41) is 0. The first-order valence-electron chi connectivity index (χ1n) is 10.4. The maximum Gasteiger partial charge on any atom is 0.254 e. The predicted molar refractivity (Wildman–Crippen MR) is 111 cm³/mol. The third-order valence-corrected chi connectivity index (χ3v) is 6.17. The zero-order valence-corrected chi connectivity index (χ0v) is 18.0. The monoisotopic (exact) mass is 403 g/mol. The van der Waals surface area contributed by atoms with Crippen LogP contribution in [-0.4, -0.2) is 87.0 Å². The normalized spacial score (nSPS) is 20.7. The molecule has 0 aliphatic carbocycles. The number of benzene rings is 1. The molecule has 3 rings (SSSR count). The van der Waals surface area contributed by atoms with Gasteiger partial charge in [-0.25, -0.2) is 0 Å². The summed E-state index contributed by atoms with van der Waals surface area (Å²) in [6.07, 6.45) is 3.64. The van der Waals surface area contributed by atoms with Crippen LogP contribution in [0.4, 0.5) is 0 Å². The highest BCUT2D eigenvalue weighted by Crippen LogP contribution is 2.27. The number of hydrogen-bond donors (Lipinski definition) is 0. The molecule has 2 amide bonds. The second kappa shape index (κ2) is 9.48. The van der Waals surface area contributed by atoms with Crippen LogP contribution in [0.2, 0.25) is 0 Å². The van der Waals surface area contributed by atoms with Crippen molar-refractivity contribution in [2.75, 3.05) is 54.5 Å². The summed E-state index contributed by atoms with van der Waals surface area (Å²) in [7, 11) is 7.30. The van der Waals surface area contributed by atoms with Crippen molar-refractivity contribution in [1.82, 2.24) is 14.7 Å². The van der Waals surface area contributed by atoms with Gasteiger partial charge in [0, 0.05) is 49.8 Å². The smallest absolute Gasteiger partial charge is 0.254 e. The number of carbonyl (C=O) groups excluding carboxylic acids is 2. The molecule has 0 spiro atoms. The van der Waals surface area contributed by atoms with Crippen molar-refractivity contribution in [2.24, 2.45) is 5.92 Å². The molecule has 2 aliphatic rings. The Morgan fingerprint density at radius 3 is 2.10 bits per heavy atom. The van der Waals surface area contributed by atoms with E-state index >= 15 is 0 Å². The molecule has 1 aromatic rings. The van der Waals surface area contributed by atoms with E-state index in [0.29, 0.717) is 36.2 Å². The van der Waals surface area contributed by atoms with Crippen molar-refractivity contribution in [1.29, 1.82) is 0 Å². The SMILES string of the molecule is COc1cc(OC)cc(C(=O)N2CCC(C(=O)N3CCCC(N(C)C)C3)CC2)c1. The Morgan fingerprint density at radius 2 is 1.55 bits per heavy atom. The lowest BCUT2D eigenvalue weighted by atomic mass is 9.93. The molecule has 29 heavy (non-hydrogen) atoms. The predicted octanol–water partition coefficient (Wildman–Crippen LogP) is 2.11. The molecule has 0 saturated carbocycles. The Kier molecular flexibility index (Phi) is 7.00. The quantitative estimate of drug-likeness (QED) is 0.754. The van der Waals surface area contributed by atoms with Gasteiger partial charge in [-0.3, -0.25) is 9.59 Å². The highest BCUT2D eigenvalue weighted by atomic mass is 16.5. The Bertz CT molecular complexity index is 707. The number of amides is 2. The first-order chi connectivity index (χ1) is 13.9. The van der Waals surface area contributed by atoms with Gasteiger partial charge in [0.25, 0.3) is 5.91 Å². The molecule has 1 atom stereocenters. The molecular formula is C22H33N3O4. The molecule has 1 unspecified atom stereocenters. The number of methoxy groups -OCH3 is 2. The lowest BCUT2D eigenvalue weighted by Gasteiger charge is -2.39. The van der Waals surface area contributed by atoms with E-state index in [0.717, 1.165) is 38.8 Å². The lowest BCUT2D eigenvalue weighted by molar-refractivity contribution is -0.138. The van der Waals surface area contributed by atoms with Crippen molar-refractivity contribution >= 4 is 11.8 Å². The number of hydrogen-bond acceptors (Lipinski definition) is 5. The summed E-state index contributed by atoms with van der Waals surface area (Å²) < 4.78 is 10.5.